The number of nitrogen functional groups attached to an aromatic ring is 1. The van der Waals surface area contributed by atoms with Crippen molar-refractivity contribution in [2.45, 2.75) is 4.34 Å². The van der Waals surface area contributed by atoms with Crippen molar-refractivity contribution < 1.29 is 4.79 Å². The highest BCUT2D eigenvalue weighted by Gasteiger charge is 2.22. The van der Waals surface area contributed by atoms with Crippen LogP contribution in [0.25, 0.3) is 11.3 Å². The fourth-order valence-electron chi connectivity index (χ4n) is 3.24. The predicted molar refractivity (Wildman–Crippen MR) is 118 cm³/mol. The summed E-state index contributed by atoms with van der Waals surface area (Å²) in [6.07, 6.45) is 0. The molecule has 1 amide bonds. The molecule has 2 N–H and O–H groups in total. The maximum Gasteiger partial charge on any atom is 0.233 e. The van der Waals surface area contributed by atoms with Crippen molar-refractivity contribution in [1.82, 2.24) is 9.88 Å². The van der Waals surface area contributed by atoms with Crippen LogP contribution in [-0.2, 0) is 4.79 Å². The lowest BCUT2D eigenvalue weighted by Gasteiger charge is -2.36. The lowest BCUT2D eigenvalue weighted by Crippen LogP contribution is -2.49. The van der Waals surface area contributed by atoms with Crippen LogP contribution in [0.15, 0.2) is 65.0 Å². The molecule has 1 aliphatic rings. The molecule has 0 atom stereocenters. The second kappa shape index (κ2) is 8.67. The number of nitrogens with zero attached hydrogens (tertiary/aromatic N) is 3. The van der Waals surface area contributed by atoms with Gasteiger partial charge < -0.3 is 15.5 Å². The van der Waals surface area contributed by atoms with E-state index in [-0.39, 0.29) is 5.91 Å². The molecule has 3 aromatic rings. The molecule has 0 radical (unpaired) electrons. The van der Waals surface area contributed by atoms with Gasteiger partial charge in [0.15, 0.2) is 4.34 Å². The fraction of sp³-hybridized carbons (Fsp3) is 0.238. The number of amides is 1. The number of hydrogen-bond acceptors (Lipinski definition) is 6. The minimum atomic E-state index is 0.160. The summed E-state index contributed by atoms with van der Waals surface area (Å²) in [6.45, 7) is 3.23. The molecule has 2 heterocycles. The van der Waals surface area contributed by atoms with Crippen molar-refractivity contribution >= 4 is 39.7 Å². The molecule has 0 aliphatic carbocycles. The van der Waals surface area contributed by atoms with Gasteiger partial charge in [0, 0.05) is 37.4 Å². The van der Waals surface area contributed by atoms with Crippen molar-refractivity contribution in [3.05, 3.63) is 60.7 Å². The number of piperazine rings is 1. The Morgan fingerprint density at radius 3 is 2.32 bits per heavy atom. The molecular weight excluding hydrogens is 388 g/mol. The van der Waals surface area contributed by atoms with Crippen molar-refractivity contribution in [3.8, 4) is 11.3 Å². The number of carbonyl (C=O) groups excluding carboxylic acids is 1. The Morgan fingerprint density at radius 1 is 1.00 bits per heavy atom. The van der Waals surface area contributed by atoms with Crippen LogP contribution >= 0.6 is 23.1 Å². The Hall–Kier alpha value is -2.51. The third kappa shape index (κ3) is 4.31. The Bertz CT molecular complexity index is 922. The van der Waals surface area contributed by atoms with Gasteiger partial charge in [-0.05, 0) is 12.1 Å². The number of thioether (sulfide) groups is 1. The van der Waals surface area contributed by atoms with Gasteiger partial charge in [0.1, 0.15) is 10.7 Å². The van der Waals surface area contributed by atoms with Crippen molar-refractivity contribution in [2.24, 2.45) is 0 Å². The fourth-order valence-corrected chi connectivity index (χ4v) is 5.10. The van der Waals surface area contributed by atoms with Gasteiger partial charge in [-0.15, -0.1) is 0 Å². The summed E-state index contributed by atoms with van der Waals surface area (Å²) in [6, 6.07) is 20.3. The third-order valence-corrected chi connectivity index (χ3v) is 6.77. The van der Waals surface area contributed by atoms with Crippen LogP contribution in [0.3, 0.4) is 0 Å². The molecule has 1 saturated heterocycles. The number of rotatable bonds is 5. The minimum Gasteiger partial charge on any atom is -0.389 e. The Morgan fingerprint density at radius 2 is 1.64 bits per heavy atom. The average molecular weight is 411 g/mol. The normalized spacial score (nSPS) is 14.3. The van der Waals surface area contributed by atoms with E-state index in [2.05, 4.69) is 22.0 Å². The van der Waals surface area contributed by atoms with Gasteiger partial charge in [0.2, 0.25) is 5.91 Å². The molecule has 1 aliphatic heterocycles. The summed E-state index contributed by atoms with van der Waals surface area (Å²) >= 11 is 2.92. The first-order valence-electron chi connectivity index (χ1n) is 9.23. The first-order chi connectivity index (χ1) is 13.7. The van der Waals surface area contributed by atoms with E-state index in [1.165, 1.54) is 28.8 Å². The Balaban J connectivity index is 1.31. The zero-order valence-electron chi connectivity index (χ0n) is 15.5. The molecule has 4 rings (SSSR count). The van der Waals surface area contributed by atoms with Crippen LogP contribution in [0.5, 0.6) is 0 Å². The van der Waals surface area contributed by atoms with Gasteiger partial charge in [0.25, 0.3) is 0 Å². The average Bonchev–Trinajstić information content (AvgIpc) is 3.14. The minimum absolute atomic E-state index is 0.160. The smallest absolute Gasteiger partial charge is 0.233 e. The SMILES string of the molecule is Nc1sc(SCC(=O)N2CCN(c3ccccc3)CC2)nc1-c1ccccc1. The molecular formula is C21H22N4OS2. The summed E-state index contributed by atoms with van der Waals surface area (Å²) < 4.78 is 0.840. The van der Waals surface area contributed by atoms with Gasteiger partial charge in [-0.25, -0.2) is 4.98 Å². The lowest BCUT2D eigenvalue weighted by atomic mass is 10.2. The number of thiazole rings is 1. The molecule has 1 aromatic heterocycles. The number of aromatic nitrogens is 1. The summed E-state index contributed by atoms with van der Waals surface area (Å²) in [5.74, 6) is 0.555. The van der Waals surface area contributed by atoms with Crippen molar-refractivity contribution in [1.29, 1.82) is 0 Å². The van der Waals surface area contributed by atoms with Gasteiger partial charge >= 0.3 is 0 Å². The summed E-state index contributed by atoms with van der Waals surface area (Å²) in [7, 11) is 0. The monoisotopic (exact) mass is 410 g/mol. The van der Waals surface area contributed by atoms with E-state index >= 15 is 0 Å². The molecule has 0 saturated carbocycles. The van der Waals surface area contributed by atoms with Gasteiger partial charge in [-0.3, -0.25) is 4.79 Å². The second-order valence-electron chi connectivity index (χ2n) is 6.55. The van der Waals surface area contributed by atoms with Crippen LogP contribution in [0.4, 0.5) is 10.7 Å². The van der Waals surface area contributed by atoms with Crippen molar-refractivity contribution in [2.75, 3.05) is 42.6 Å². The third-order valence-electron chi connectivity index (χ3n) is 4.75. The van der Waals surface area contributed by atoms with Crippen LogP contribution in [0.1, 0.15) is 0 Å². The zero-order chi connectivity index (χ0) is 19.3. The molecule has 2 aromatic carbocycles. The van der Waals surface area contributed by atoms with E-state index in [1.807, 2.05) is 53.4 Å². The second-order valence-corrected chi connectivity index (χ2v) is 8.80. The molecule has 0 spiro atoms. The number of para-hydroxylation sites is 1. The van der Waals surface area contributed by atoms with E-state index < -0.39 is 0 Å². The number of carbonyl (C=O) groups is 1. The van der Waals surface area contributed by atoms with Crippen LogP contribution in [0, 0.1) is 0 Å². The van der Waals surface area contributed by atoms with Gasteiger partial charge in [-0.1, -0.05) is 71.6 Å². The van der Waals surface area contributed by atoms with E-state index in [1.54, 1.807) is 0 Å². The van der Waals surface area contributed by atoms with Gasteiger partial charge in [0.05, 0.1) is 5.75 Å². The van der Waals surface area contributed by atoms with E-state index in [4.69, 9.17) is 5.73 Å². The lowest BCUT2D eigenvalue weighted by molar-refractivity contribution is -0.128. The summed E-state index contributed by atoms with van der Waals surface area (Å²) in [4.78, 5) is 21.5. The predicted octanol–water partition coefficient (Wildman–Crippen LogP) is 3.83. The number of hydrogen-bond donors (Lipinski definition) is 1. The number of anilines is 2. The maximum atomic E-state index is 12.6. The van der Waals surface area contributed by atoms with Crippen molar-refractivity contribution in [3.63, 3.8) is 0 Å². The molecule has 0 unspecified atom stereocenters. The molecule has 144 valence electrons. The van der Waals surface area contributed by atoms with Crippen LogP contribution in [0.2, 0.25) is 0 Å². The quantitative estimate of drug-likeness (QED) is 0.648. The molecule has 1 fully saturated rings. The summed E-state index contributed by atoms with van der Waals surface area (Å²) in [5.41, 5.74) is 9.16. The first-order valence-corrected chi connectivity index (χ1v) is 11.0. The Kier molecular flexibility index (Phi) is 5.83. The van der Waals surface area contributed by atoms with Crippen LogP contribution in [-0.4, -0.2) is 47.7 Å². The zero-order valence-corrected chi connectivity index (χ0v) is 17.1. The van der Waals surface area contributed by atoms with Crippen LogP contribution < -0.4 is 10.6 Å². The Labute approximate surface area is 173 Å². The van der Waals surface area contributed by atoms with E-state index in [0.717, 1.165) is 41.8 Å². The standard InChI is InChI=1S/C21H22N4OS2/c22-20-19(16-7-3-1-4-8-16)23-21(28-20)27-15-18(26)25-13-11-24(12-14-25)17-9-5-2-6-10-17/h1-10H,11-15,22H2. The number of nitrogens with two attached hydrogens (primary N) is 1. The topological polar surface area (TPSA) is 62.5 Å². The number of benzene rings is 2. The molecule has 7 heteroatoms. The highest BCUT2D eigenvalue weighted by Crippen LogP contribution is 2.35. The maximum absolute atomic E-state index is 12.6. The largest absolute Gasteiger partial charge is 0.389 e. The van der Waals surface area contributed by atoms with E-state index in [0.29, 0.717) is 10.8 Å². The van der Waals surface area contributed by atoms with E-state index in [9.17, 15) is 4.79 Å². The summed E-state index contributed by atoms with van der Waals surface area (Å²) in [5, 5.41) is 0.692. The first kappa shape index (κ1) is 18.8. The van der Waals surface area contributed by atoms with Gasteiger partial charge in [-0.2, -0.15) is 0 Å². The molecule has 5 nitrogen and oxygen atoms in total. The molecule has 0 bridgehead atoms. The molecule has 28 heavy (non-hydrogen) atoms. The highest BCUT2D eigenvalue weighted by atomic mass is 32.2. The highest BCUT2D eigenvalue weighted by molar-refractivity contribution is 8.01.